The van der Waals surface area contributed by atoms with Gasteiger partial charge in [0, 0.05) is 18.7 Å². The molecule has 7 nitrogen and oxygen atoms in total. The topological polar surface area (TPSA) is 89.0 Å². The van der Waals surface area contributed by atoms with Crippen molar-refractivity contribution < 1.29 is 19.1 Å². The maximum absolute atomic E-state index is 12.1. The molecule has 0 aromatic carbocycles. The highest BCUT2D eigenvalue weighted by atomic mass is 16.6. The Balaban J connectivity index is 2.77. The van der Waals surface area contributed by atoms with Crippen molar-refractivity contribution in [2.24, 2.45) is 4.99 Å². The van der Waals surface area contributed by atoms with Gasteiger partial charge in [0.2, 0.25) is 0 Å². The predicted octanol–water partition coefficient (Wildman–Crippen LogP) is 3.42. The molecule has 0 heterocycles. The van der Waals surface area contributed by atoms with Gasteiger partial charge < -0.3 is 20.1 Å². The first-order valence-electron chi connectivity index (χ1n) is 8.91. The largest absolute Gasteiger partial charge is 0.444 e. The van der Waals surface area contributed by atoms with Crippen molar-refractivity contribution in [2.75, 3.05) is 6.54 Å². The number of alkyl carbamates (subject to hydrolysis) is 2. The van der Waals surface area contributed by atoms with Crippen LogP contribution in [0.4, 0.5) is 9.59 Å². The fourth-order valence-corrected chi connectivity index (χ4v) is 2.63. The number of carbonyl (C=O) groups excluding carboxylic acids is 2. The maximum atomic E-state index is 12.1. The van der Waals surface area contributed by atoms with Crippen LogP contribution < -0.4 is 10.6 Å². The van der Waals surface area contributed by atoms with Gasteiger partial charge in [0.1, 0.15) is 11.2 Å². The maximum Gasteiger partial charge on any atom is 0.407 e. The van der Waals surface area contributed by atoms with Gasteiger partial charge in [-0.15, -0.1) is 0 Å². The van der Waals surface area contributed by atoms with Gasteiger partial charge in [-0.05, 0) is 61.3 Å². The van der Waals surface area contributed by atoms with Gasteiger partial charge in [-0.3, -0.25) is 4.99 Å². The quantitative estimate of drug-likeness (QED) is 0.812. The summed E-state index contributed by atoms with van der Waals surface area (Å²) in [6.07, 6.45) is 1.10. The highest BCUT2D eigenvalue weighted by molar-refractivity contribution is 5.87. The van der Waals surface area contributed by atoms with Crippen LogP contribution in [-0.4, -0.2) is 47.7 Å². The van der Waals surface area contributed by atoms with Crippen LogP contribution in [0.2, 0.25) is 0 Å². The molecule has 0 spiro atoms. The van der Waals surface area contributed by atoms with E-state index < -0.39 is 23.4 Å². The first kappa shape index (κ1) is 21.3. The Labute approximate surface area is 150 Å². The number of aliphatic imine (C=N–C) groups is 1. The van der Waals surface area contributed by atoms with Gasteiger partial charge in [-0.1, -0.05) is 0 Å². The first-order valence-corrected chi connectivity index (χ1v) is 8.91. The van der Waals surface area contributed by atoms with E-state index in [9.17, 15) is 9.59 Å². The van der Waals surface area contributed by atoms with E-state index in [0.29, 0.717) is 19.4 Å². The summed E-state index contributed by atoms with van der Waals surface area (Å²) in [5.41, 5.74) is -0.0970. The second kappa shape index (κ2) is 8.54. The van der Waals surface area contributed by atoms with Gasteiger partial charge in [-0.25, -0.2) is 9.59 Å². The third-order valence-corrected chi connectivity index (χ3v) is 3.47. The molecule has 7 heteroatoms. The highest BCUT2D eigenvalue weighted by Gasteiger charge is 2.33. The minimum absolute atomic E-state index is 0.224. The lowest BCUT2D eigenvalue weighted by Crippen LogP contribution is -2.56. The predicted molar refractivity (Wildman–Crippen MR) is 98.1 cm³/mol. The Hall–Kier alpha value is -1.79. The molecule has 0 aliphatic heterocycles. The standard InChI is InChI=1S/C18H33N3O4/c1-8-19-12-9-10-13(20-15(22)24-17(2,3)4)14(11-12)21-16(23)25-18(5,6)7/h13-14H,8-11H2,1-7H3,(H,20,22)(H,21,23)/t13-,14+/m0/s1. The fraction of sp³-hybridized carbons (Fsp3) is 0.833. The van der Waals surface area contributed by atoms with Crippen LogP contribution in [0.5, 0.6) is 0 Å². The molecule has 0 radical (unpaired) electrons. The zero-order chi connectivity index (χ0) is 19.3. The molecule has 2 atom stereocenters. The number of nitrogens with zero attached hydrogens (tertiary/aromatic N) is 1. The Morgan fingerprint density at radius 2 is 1.48 bits per heavy atom. The van der Waals surface area contributed by atoms with Gasteiger partial charge >= 0.3 is 12.2 Å². The lowest BCUT2D eigenvalue weighted by Gasteiger charge is -2.34. The summed E-state index contributed by atoms with van der Waals surface area (Å²) in [6.45, 7) is 13.6. The Bertz CT molecular complexity index is 503. The van der Waals surface area contributed by atoms with Crippen molar-refractivity contribution in [2.45, 2.75) is 91.0 Å². The fourth-order valence-electron chi connectivity index (χ4n) is 2.63. The van der Waals surface area contributed by atoms with Crippen LogP contribution >= 0.6 is 0 Å². The average Bonchev–Trinajstić information content (AvgIpc) is 2.37. The van der Waals surface area contributed by atoms with E-state index in [1.165, 1.54) is 0 Å². The molecule has 0 saturated heterocycles. The molecular weight excluding hydrogens is 322 g/mol. The molecule has 1 aliphatic carbocycles. The zero-order valence-corrected chi connectivity index (χ0v) is 16.6. The molecule has 25 heavy (non-hydrogen) atoms. The van der Waals surface area contributed by atoms with Gasteiger partial charge in [-0.2, -0.15) is 0 Å². The van der Waals surface area contributed by atoms with Crippen LogP contribution in [-0.2, 0) is 9.47 Å². The second-order valence-electron chi connectivity index (χ2n) is 8.29. The van der Waals surface area contributed by atoms with Gasteiger partial charge in [0.15, 0.2) is 0 Å². The van der Waals surface area contributed by atoms with Crippen molar-refractivity contribution >= 4 is 17.9 Å². The zero-order valence-electron chi connectivity index (χ0n) is 16.6. The summed E-state index contributed by atoms with van der Waals surface area (Å²) in [6, 6.07) is -0.500. The van der Waals surface area contributed by atoms with Crippen LogP contribution in [0.3, 0.4) is 0 Å². The van der Waals surface area contributed by atoms with Crippen molar-refractivity contribution in [1.82, 2.24) is 10.6 Å². The van der Waals surface area contributed by atoms with E-state index in [1.807, 2.05) is 48.5 Å². The molecule has 1 rings (SSSR count). The number of amides is 2. The number of hydrogen-bond donors (Lipinski definition) is 2. The Kier molecular flexibility index (Phi) is 7.26. The molecule has 1 saturated carbocycles. The third-order valence-electron chi connectivity index (χ3n) is 3.47. The minimum Gasteiger partial charge on any atom is -0.444 e. The Morgan fingerprint density at radius 1 is 1.00 bits per heavy atom. The Morgan fingerprint density at radius 3 is 1.92 bits per heavy atom. The lowest BCUT2D eigenvalue weighted by molar-refractivity contribution is 0.0424. The monoisotopic (exact) mass is 355 g/mol. The van der Waals surface area contributed by atoms with Crippen molar-refractivity contribution in [1.29, 1.82) is 0 Å². The summed E-state index contributed by atoms with van der Waals surface area (Å²) in [5.74, 6) is 0. The van der Waals surface area contributed by atoms with Crippen molar-refractivity contribution in [3.63, 3.8) is 0 Å². The minimum atomic E-state index is -0.576. The van der Waals surface area contributed by atoms with Gasteiger partial charge in [0.05, 0.1) is 12.1 Å². The molecule has 1 aliphatic rings. The number of rotatable bonds is 3. The molecule has 144 valence electrons. The third kappa shape index (κ3) is 8.74. The molecule has 2 amide bonds. The number of hydrogen-bond acceptors (Lipinski definition) is 5. The summed E-state index contributed by atoms with van der Waals surface area (Å²) in [5, 5.41) is 5.74. The molecule has 2 N–H and O–H groups in total. The van der Waals surface area contributed by atoms with Crippen molar-refractivity contribution in [3.05, 3.63) is 0 Å². The van der Waals surface area contributed by atoms with E-state index in [0.717, 1.165) is 12.1 Å². The van der Waals surface area contributed by atoms with E-state index in [4.69, 9.17) is 9.47 Å². The van der Waals surface area contributed by atoms with E-state index in [-0.39, 0.29) is 12.1 Å². The molecule has 0 bridgehead atoms. The summed E-state index contributed by atoms with van der Waals surface area (Å²) < 4.78 is 10.7. The number of ether oxygens (including phenoxy) is 2. The smallest absolute Gasteiger partial charge is 0.407 e. The van der Waals surface area contributed by atoms with Crippen LogP contribution in [0.25, 0.3) is 0 Å². The van der Waals surface area contributed by atoms with Crippen LogP contribution in [0, 0.1) is 0 Å². The lowest BCUT2D eigenvalue weighted by atomic mass is 9.88. The normalized spacial score (nSPS) is 23.1. The number of nitrogens with one attached hydrogen (secondary N) is 2. The van der Waals surface area contributed by atoms with E-state index in [2.05, 4.69) is 15.6 Å². The van der Waals surface area contributed by atoms with Crippen LogP contribution in [0.15, 0.2) is 4.99 Å². The summed E-state index contributed by atoms with van der Waals surface area (Å²) >= 11 is 0. The highest BCUT2D eigenvalue weighted by Crippen LogP contribution is 2.19. The van der Waals surface area contributed by atoms with Gasteiger partial charge in [0.25, 0.3) is 0 Å². The summed E-state index contributed by atoms with van der Waals surface area (Å²) in [4.78, 5) is 28.7. The molecule has 0 unspecified atom stereocenters. The van der Waals surface area contributed by atoms with Crippen molar-refractivity contribution in [3.8, 4) is 0 Å². The molecule has 0 aromatic rings. The number of carbonyl (C=O) groups is 2. The molecule has 1 fully saturated rings. The van der Waals surface area contributed by atoms with E-state index in [1.54, 1.807) is 0 Å². The van der Waals surface area contributed by atoms with E-state index >= 15 is 0 Å². The molecular formula is C18H33N3O4. The second-order valence-corrected chi connectivity index (χ2v) is 8.29. The SMILES string of the molecule is CCN=C1CC[C@H](NC(=O)OC(C)(C)C)[C@H](NC(=O)OC(C)(C)C)C1. The van der Waals surface area contributed by atoms with Crippen LogP contribution in [0.1, 0.15) is 67.7 Å². The first-order chi connectivity index (χ1) is 11.4. The molecule has 0 aromatic heterocycles. The summed E-state index contributed by atoms with van der Waals surface area (Å²) in [7, 11) is 0. The average molecular weight is 355 g/mol.